The van der Waals surface area contributed by atoms with Crippen LogP contribution in [-0.4, -0.2) is 29.9 Å². The molecule has 0 unspecified atom stereocenters. The Morgan fingerprint density at radius 2 is 2.06 bits per heavy atom. The van der Waals surface area contributed by atoms with Crippen LogP contribution in [0.3, 0.4) is 0 Å². The van der Waals surface area contributed by atoms with Crippen molar-refractivity contribution in [3.63, 3.8) is 0 Å². The molecular formula is C24H27ClN2O2S2. The summed E-state index contributed by atoms with van der Waals surface area (Å²) in [4.78, 5) is 26.5. The summed E-state index contributed by atoms with van der Waals surface area (Å²) in [6, 6.07) is 12.8. The van der Waals surface area contributed by atoms with E-state index >= 15 is 0 Å². The zero-order valence-electron chi connectivity index (χ0n) is 17.7. The summed E-state index contributed by atoms with van der Waals surface area (Å²) in [6.45, 7) is 5.12. The number of hydrogen-bond acceptors (Lipinski definition) is 4. The number of amides is 2. The summed E-state index contributed by atoms with van der Waals surface area (Å²) in [6.07, 6.45) is 3.99. The molecule has 3 rings (SSSR count). The molecule has 0 saturated heterocycles. The van der Waals surface area contributed by atoms with Crippen molar-refractivity contribution in [3.8, 4) is 0 Å². The Morgan fingerprint density at radius 1 is 1.23 bits per heavy atom. The average Bonchev–Trinajstić information content (AvgIpc) is 2.73. The van der Waals surface area contributed by atoms with Crippen molar-refractivity contribution in [3.05, 3.63) is 63.5 Å². The third kappa shape index (κ3) is 7.34. The molecule has 2 aromatic carbocycles. The highest BCUT2D eigenvalue weighted by molar-refractivity contribution is 8.04. The predicted octanol–water partition coefficient (Wildman–Crippen LogP) is 6.32. The minimum Gasteiger partial charge on any atom is -0.352 e. The number of benzene rings is 2. The number of anilines is 1. The summed E-state index contributed by atoms with van der Waals surface area (Å²) in [5.74, 6) is 2.65. The van der Waals surface area contributed by atoms with Crippen molar-refractivity contribution in [1.29, 1.82) is 0 Å². The third-order valence-electron chi connectivity index (χ3n) is 4.67. The van der Waals surface area contributed by atoms with Gasteiger partial charge in [-0.3, -0.25) is 9.59 Å². The number of thioether (sulfide) groups is 2. The number of rotatable bonds is 9. The van der Waals surface area contributed by atoms with Gasteiger partial charge < -0.3 is 10.6 Å². The first-order valence-corrected chi connectivity index (χ1v) is 12.7. The number of hydrogen-bond donors (Lipinski definition) is 2. The molecule has 164 valence electrons. The molecule has 0 atom stereocenters. The van der Waals surface area contributed by atoms with Crippen LogP contribution >= 0.6 is 35.1 Å². The Labute approximate surface area is 197 Å². The van der Waals surface area contributed by atoms with Crippen LogP contribution in [0.1, 0.15) is 42.6 Å². The van der Waals surface area contributed by atoms with Gasteiger partial charge in [-0.05, 0) is 72.2 Å². The van der Waals surface area contributed by atoms with Gasteiger partial charge in [-0.15, -0.1) is 0 Å². The molecule has 1 aliphatic heterocycles. The summed E-state index contributed by atoms with van der Waals surface area (Å²) in [5, 5.41) is 6.49. The lowest BCUT2D eigenvalue weighted by molar-refractivity contribution is -0.112. The number of nitrogens with one attached hydrogen (secondary N) is 2. The van der Waals surface area contributed by atoms with E-state index in [0.29, 0.717) is 27.7 Å². The normalized spacial score (nSPS) is 14.5. The molecule has 4 nitrogen and oxygen atoms in total. The second kappa shape index (κ2) is 11.7. The van der Waals surface area contributed by atoms with Crippen LogP contribution in [0.25, 0.3) is 6.08 Å². The highest BCUT2D eigenvalue weighted by Gasteiger charge is 2.22. The largest absolute Gasteiger partial charge is 0.352 e. The van der Waals surface area contributed by atoms with Crippen LogP contribution in [-0.2, 0) is 4.79 Å². The van der Waals surface area contributed by atoms with Gasteiger partial charge in [-0.1, -0.05) is 49.3 Å². The maximum Gasteiger partial charge on any atom is 0.262 e. The minimum absolute atomic E-state index is 0.116. The summed E-state index contributed by atoms with van der Waals surface area (Å²) < 4.78 is 0. The quantitative estimate of drug-likeness (QED) is 0.329. The first kappa shape index (κ1) is 23.8. The molecule has 1 heterocycles. The van der Waals surface area contributed by atoms with Crippen molar-refractivity contribution < 1.29 is 9.59 Å². The zero-order chi connectivity index (χ0) is 22.2. The van der Waals surface area contributed by atoms with Gasteiger partial charge in [0.1, 0.15) is 0 Å². The second-order valence-electron chi connectivity index (χ2n) is 7.74. The maximum atomic E-state index is 12.5. The molecule has 0 aliphatic carbocycles. The molecule has 2 N–H and O–H groups in total. The molecule has 0 aromatic heterocycles. The van der Waals surface area contributed by atoms with E-state index in [9.17, 15) is 9.59 Å². The van der Waals surface area contributed by atoms with Crippen LogP contribution < -0.4 is 10.6 Å². The molecule has 0 fully saturated rings. The van der Waals surface area contributed by atoms with E-state index in [1.807, 2.05) is 42.1 Å². The van der Waals surface area contributed by atoms with Crippen LogP contribution in [0.5, 0.6) is 0 Å². The first-order chi connectivity index (χ1) is 14.9. The lowest BCUT2D eigenvalue weighted by atomic mass is 10.1. The average molecular weight is 475 g/mol. The Hall–Kier alpha value is -1.89. The van der Waals surface area contributed by atoms with E-state index in [2.05, 4.69) is 24.5 Å². The highest BCUT2D eigenvalue weighted by atomic mass is 35.5. The Morgan fingerprint density at radius 3 is 2.84 bits per heavy atom. The Bertz CT molecular complexity index is 976. The van der Waals surface area contributed by atoms with Gasteiger partial charge in [0.25, 0.3) is 11.8 Å². The Balaban J connectivity index is 1.55. The lowest BCUT2D eigenvalue weighted by Gasteiger charge is -2.19. The summed E-state index contributed by atoms with van der Waals surface area (Å²) in [7, 11) is 0. The fourth-order valence-electron chi connectivity index (χ4n) is 2.95. The van der Waals surface area contributed by atoms with Gasteiger partial charge in [0.15, 0.2) is 0 Å². The fourth-order valence-corrected chi connectivity index (χ4v) is 5.27. The SMILES string of the molecule is CC(C)CCSCCCNC(=O)c1ccc2c(c1)NC(=O)/C(=C\c1cccc(Cl)c1)S2. The molecule has 0 bridgehead atoms. The summed E-state index contributed by atoms with van der Waals surface area (Å²) >= 11 is 9.35. The van der Waals surface area contributed by atoms with Crippen LogP contribution in [0.15, 0.2) is 52.3 Å². The van der Waals surface area contributed by atoms with Gasteiger partial charge in [0.05, 0.1) is 10.6 Å². The topological polar surface area (TPSA) is 58.2 Å². The molecule has 2 amide bonds. The highest BCUT2D eigenvalue weighted by Crippen LogP contribution is 2.39. The lowest BCUT2D eigenvalue weighted by Crippen LogP contribution is -2.25. The first-order valence-electron chi connectivity index (χ1n) is 10.4. The Kier molecular flexibility index (Phi) is 8.93. The van der Waals surface area contributed by atoms with E-state index in [0.717, 1.165) is 28.6 Å². The molecule has 0 radical (unpaired) electrons. The van der Waals surface area contributed by atoms with E-state index in [-0.39, 0.29) is 11.8 Å². The van der Waals surface area contributed by atoms with Gasteiger partial charge in [-0.25, -0.2) is 0 Å². The van der Waals surface area contributed by atoms with Gasteiger partial charge in [0.2, 0.25) is 0 Å². The molecule has 0 saturated carbocycles. The van der Waals surface area contributed by atoms with E-state index in [1.165, 1.54) is 23.9 Å². The van der Waals surface area contributed by atoms with Crippen LogP contribution in [0.4, 0.5) is 5.69 Å². The zero-order valence-corrected chi connectivity index (χ0v) is 20.1. The summed E-state index contributed by atoms with van der Waals surface area (Å²) in [5.41, 5.74) is 2.08. The van der Waals surface area contributed by atoms with Crippen molar-refractivity contribution in [1.82, 2.24) is 5.32 Å². The second-order valence-corrected chi connectivity index (χ2v) is 10.5. The number of carbonyl (C=O) groups is 2. The van der Waals surface area contributed by atoms with E-state index in [4.69, 9.17) is 11.6 Å². The number of halogens is 1. The standard InChI is InChI=1S/C24H27ClN2O2S2/c1-16(2)9-12-30-11-4-10-26-23(28)18-7-8-21-20(15-18)27-24(29)22(31-21)14-17-5-3-6-19(25)13-17/h3,5-8,13-16H,4,9-12H2,1-2H3,(H,26,28)(H,27,29)/b22-14+. The monoisotopic (exact) mass is 474 g/mol. The predicted molar refractivity (Wildman–Crippen MR) is 134 cm³/mol. The van der Waals surface area contributed by atoms with Crippen LogP contribution in [0, 0.1) is 5.92 Å². The smallest absolute Gasteiger partial charge is 0.262 e. The molecule has 7 heteroatoms. The van der Waals surface area contributed by atoms with Gasteiger partial charge >= 0.3 is 0 Å². The third-order valence-corrected chi connectivity index (χ3v) is 7.11. The van der Waals surface area contributed by atoms with Crippen molar-refractivity contribution >= 4 is 58.7 Å². The molecular weight excluding hydrogens is 448 g/mol. The van der Waals surface area contributed by atoms with Crippen molar-refractivity contribution in [2.24, 2.45) is 5.92 Å². The van der Waals surface area contributed by atoms with Crippen molar-refractivity contribution in [2.45, 2.75) is 31.6 Å². The van der Waals surface area contributed by atoms with Gasteiger partial charge in [0, 0.05) is 22.0 Å². The van der Waals surface area contributed by atoms with Crippen molar-refractivity contribution in [2.75, 3.05) is 23.4 Å². The molecule has 2 aromatic rings. The van der Waals surface area contributed by atoms with E-state index < -0.39 is 0 Å². The molecule has 0 spiro atoms. The molecule has 31 heavy (non-hydrogen) atoms. The minimum atomic E-state index is -0.187. The fraction of sp³-hybridized carbons (Fsp3) is 0.333. The maximum absolute atomic E-state index is 12.5. The molecule has 1 aliphatic rings. The number of fused-ring (bicyclic) bond motifs is 1. The van der Waals surface area contributed by atoms with Crippen LogP contribution in [0.2, 0.25) is 5.02 Å². The van der Waals surface area contributed by atoms with E-state index in [1.54, 1.807) is 18.2 Å². The number of carbonyl (C=O) groups excluding carboxylic acids is 2. The van der Waals surface area contributed by atoms with Gasteiger partial charge in [-0.2, -0.15) is 11.8 Å².